The van der Waals surface area contributed by atoms with Crippen molar-refractivity contribution < 1.29 is 0 Å². The molecule has 4 unspecified atom stereocenters. The molecule has 2 saturated carbocycles. The van der Waals surface area contributed by atoms with Gasteiger partial charge in [0.25, 0.3) is 0 Å². The Morgan fingerprint density at radius 1 is 1.00 bits per heavy atom. The van der Waals surface area contributed by atoms with E-state index in [9.17, 15) is 0 Å². The molecule has 0 heterocycles. The minimum atomic E-state index is -1.52. The minimum Gasteiger partial charge on any atom is -0.334 e. The largest absolute Gasteiger partial charge is 0.334 e. The molecular weight excluding hydrogens is 366 g/mol. The summed E-state index contributed by atoms with van der Waals surface area (Å²) in [6.07, 6.45) is 13.9. The quantitative estimate of drug-likeness (QED) is 0.530. The molecule has 29 heavy (non-hydrogen) atoms. The summed E-state index contributed by atoms with van der Waals surface area (Å²) in [5.74, 6) is 2.29. The SMILES string of the molecule is CC1CC2C=C3C(=CC2C1[Si](C)(C)NC1CCCCC1)C(C)(C)c1ccccc13. The fraction of sp³-hybridized carbons (Fsp3) is 0.630. The first-order valence-electron chi connectivity index (χ1n) is 12.1. The summed E-state index contributed by atoms with van der Waals surface area (Å²) >= 11 is 0. The fourth-order valence-electron chi connectivity index (χ4n) is 7.62. The zero-order valence-corrected chi connectivity index (χ0v) is 20.1. The van der Waals surface area contributed by atoms with E-state index in [0.717, 1.165) is 29.3 Å². The highest BCUT2D eigenvalue weighted by Gasteiger charge is 2.51. The van der Waals surface area contributed by atoms with Crippen molar-refractivity contribution in [3.8, 4) is 0 Å². The standard InChI is InChI=1S/C27H39NSi/c1-18-15-19-16-23-21-13-9-10-14-24(21)27(2,3)25(23)17-22(19)26(18)29(4,5)28-20-11-7-6-8-12-20/h9-10,13-14,16-20,22,26,28H,6-8,11-12,15H2,1-5H3. The zero-order chi connectivity index (χ0) is 20.4. The van der Waals surface area contributed by atoms with Gasteiger partial charge in [0.1, 0.15) is 8.24 Å². The van der Waals surface area contributed by atoms with Gasteiger partial charge in [0.15, 0.2) is 0 Å². The van der Waals surface area contributed by atoms with Crippen molar-refractivity contribution in [3.63, 3.8) is 0 Å². The number of rotatable bonds is 3. The van der Waals surface area contributed by atoms with Gasteiger partial charge in [-0.05, 0) is 64.8 Å². The van der Waals surface area contributed by atoms with E-state index in [1.54, 1.807) is 11.1 Å². The molecule has 2 fully saturated rings. The topological polar surface area (TPSA) is 12.0 Å². The predicted molar refractivity (Wildman–Crippen MR) is 128 cm³/mol. The predicted octanol–water partition coefficient (Wildman–Crippen LogP) is 7.07. The van der Waals surface area contributed by atoms with Gasteiger partial charge in [-0.25, -0.2) is 0 Å². The molecule has 0 aromatic heterocycles. The highest BCUT2D eigenvalue weighted by molar-refractivity contribution is 6.76. The second kappa shape index (κ2) is 6.95. The third kappa shape index (κ3) is 3.13. The number of nitrogens with one attached hydrogen (secondary N) is 1. The minimum absolute atomic E-state index is 0.145. The van der Waals surface area contributed by atoms with Gasteiger partial charge in [-0.2, -0.15) is 0 Å². The van der Waals surface area contributed by atoms with Crippen molar-refractivity contribution in [2.75, 3.05) is 0 Å². The molecule has 1 aromatic rings. The summed E-state index contributed by atoms with van der Waals surface area (Å²) < 4.78 is 0. The lowest BCUT2D eigenvalue weighted by molar-refractivity contribution is 0.406. The molecule has 0 amide bonds. The second-order valence-corrected chi connectivity index (χ2v) is 15.9. The molecule has 0 spiro atoms. The summed E-state index contributed by atoms with van der Waals surface area (Å²) in [5.41, 5.74) is 7.18. The third-order valence-corrected chi connectivity index (χ3v) is 12.5. The lowest BCUT2D eigenvalue weighted by atomic mass is 9.76. The van der Waals surface area contributed by atoms with Crippen molar-refractivity contribution in [3.05, 3.63) is 53.1 Å². The molecule has 1 nitrogen and oxygen atoms in total. The molecule has 0 saturated heterocycles. The van der Waals surface area contributed by atoms with E-state index in [1.165, 1.54) is 49.7 Å². The van der Waals surface area contributed by atoms with Crippen LogP contribution in [-0.2, 0) is 5.41 Å². The van der Waals surface area contributed by atoms with Crippen LogP contribution in [0, 0.1) is 17.8 Å². The van der Waals surface area contributed by atoms with Gasteiger partial charge in [0.05, 0.1) is 0 Å². The number of fused-ring (bicyclic) bond motifs is 4. The summed E-state index contributed by atoms with van der Waals surface area (Å²) in [6, 6.07) is 9.92. The highest BCUT2D eigenvalue weighted by Crippen LogP contribution is 2.59. The molecular formula is C27H39NSi. The molecule has 4 atom stereocenters. The maximum absolute atomic E-state index is 4.29. The molecule has 4 aliphatic rings. The average molecular weight is 406 g/mol. The van der Waals surface area contributed by atoms with E-state index in [4.69, 9.17) is 0 Å². The maximum atomic E-state index is 4.29. The number of hydrogen-bond acceptors (Lipinski definition) is 1. The van der Waals surface area contributed by atoms with Crippen molar-refractivity contribution in [2.24, 2.45) is 17.8 Å². The smallest absolute Gasteiger partial charge is 0.123 e. The van der Waals surface area contributed by atoms with Gasteiger partial charge in [-0.15, -0.1) is 0 Å². The zero-order valence-electron chi connectivity index (χ0n) is 19.1. The van der Waals surface area contributed by atoms with Crippen LogP contribution in [0.3, 0.4) is 0 Å². The molecule has 156 valence electrons. The van der Waals surface area contributed by atoms with Gasteiger partial charge in [-0.1, -0.05) is 89.5 Å². The summed E-state index contributed by atoms with van der Waals surface area (Å²) in [4.78, 5) is 4.29. The van der Waals surface area contributed by atoms with Crippen LogP contribution >= 0.6 is 0 Å². The van der Waals surface area contributed by atoms with E-state index in [2.05, 4.69) is 75.3 Å². The highest BCUT2D eigenvalue weighted by atomic mass is 28.3. The van der Waals surface area contributed by atoms with Crippen LogP contribution in [0.2, 0.25) is 18.6 Å². The van der Waals surface area contributed by atoms with Gasteiger partial charge in [0, 0.05) is 11.5 Å². The Labute approximate surface area is 179 Å². The Bertz CT molecular complexity index is 855. The number of allylic oxidation sites excluding steroid dienone is 4. The second-order valence-electron chi connectivity index (χ2n) is 11.5. The van der Waals surface area contributed by atoms with Gasteiger partial charge in [-0.3, -0.25) is 0 Å². The van der Waals surface area contributed by atoms with Crippen molar-refractivity contribution in [1.29, 1.82) is 0 Å². The monoisotopic (exact) mass is 405 g/mol. The fourth-order valence-corrected chi connectivity index (χ4v) is 12.0. The number of benzene rings is 1. The molecule has 5 rings (SSSR count). The summed E-state index contributed by atoms with van der Waals surface area (Å²) in [6.45, 7) is 12.7. The Hall–Kier alpha value is -1.12. The summed E-state index contributed by atoms with van der Waals surface area (Å²) in [5, 5.41) is 0. The van der Waals surface area contributed by atoms with Crippen LogP contribution in [0.1, 0.15) is 70.4 Å². The van der Waals surface area contributed by atoms with E-state index >= 15 is 0 Å². The Kier molecular flexibility index (Phi) is 4.75. The Morgan fingerprint density at radius 3 is 2.48 bits per heavy atom. The van der Waals surface area contributed by atoms with Crippen LogP contribution in [0.5, 0.6) is 0 Å². The van der Waals surface area contributed by atoms with Gasteiger partial charge in [0.2, 0.25) is 0 Å². The van der Waals surface area contributed by atoms with Crippen LogP contribution in [0.4, 0.5) is 0 Å². The molecule has 4 aliphatic carbocycles. The van der Waals surface area contributed by atoms with Gasteiger partial charge >= 0.3 is 0 Å². The molecule has 0 radical (unpaired) electrons. The van der Waals surface area contributed by atoms with E-state index in [0.29, 0.717) is 0 Å². The Morgan fingerprint density at radius 2 is 1.72 bits per heavy atom. The van der Waals surface area contributed by atoms with Crippen molar-refractivity contribution in [1.82, 2.24) is 4.98 Å². The molecule has 0 bridgehead atoms. The lowest BCUT2D eigenvalue weighted by Crippen LogP contribution is -2.56. The average Bonchev–Trinajstić information content (AvgIpc) is 3.13. The van der Waals surface area contributed by atoms with Crippen molar-refractivity contribution >= 4 is 13.8 Å². The van der Waals surface area contributed by atoms with Crippen LogP contribution in [0.25, 0.3) is 5.57 Å². The van der Waals surface area contributed by atoms with Crippen molar-refractivity contribution in [2.45, 2.75) is 89.4 Å². The first-order chi connectivity index (χ1) is 13.8. The summed E-state index contributed by atoms with van der Waals surface area (Å²) in [7, 11) is -1.52. The Balaban J connectivity index is 1.48. The first-order valence-corrected chi connectivity index (χ1v) is 15.2. The van der Waals surface area contributed by atoms with E-state index < -0.39 is 8.24 Å². The normalized spacial score (nSPS) is 33.6. The molecule has 1 N–H and O–H groups in total. The lowest BCUT2D eigenvalue weighted by Gasteiger charge is -2.42. The van der Waals surface area contributed by atoms with Crippen LogP contribution in [-0.4, -0.2) is 14.3 Å². The molecule has 1 aromatic carbocycles. The van der Waals surface area contributed by atoms with E-state index in [1.807, 2.05) is 0 Å². The van der Waals surface area contributed by atoms with E-state index in [-0.39, 0.29) is 5.41 Å². The molecule has 0 aliphatic heterocycles. The van der Waals surface area contributed by atoms with Crippen LogP contribution < -0.4 is 4.98 Å². The third-order valence-electron chi connectivity index (χ3n) is 8.77. The van der Waals surface area contributed by atoms with Gasteiger partial charge < -0.3 is 4.98 Å². The number of hydrogen-bond donors (Lipinski definition) is 1. The molecule has 2 heteroatoms. The first kappa shape index (κ1) is 19.8. The van der Waals surface area contributed by atoms with Crippen LogP contribution in [0.15, 0.2) is 42.0 Å². The maximum Gasteiger partial charge on any atom is 0.123 e.